The summed E-state index contributed by atoms with van der Waals surface area (Å²) in [6.07, 6.45) is 7.00. The average molecular weight is 381 g/mol. The molecule has 1 fully saturated rings. The predicted octanol–water partition coefficient (Wildman–Crippen LogP) is 3.98. The van der Waals surface area contributed by atoms with Gasteiger partial charge in [-0.15, -0.1) is 0 Å². The van der Waals surface area contributed by atoms with E-state index in [0.717, 1.165) is 24.5 Å². The number of aromatic nitrogens is 1. The molecule has 3 rings (SSSR count). The summed E-state index contributed by atoms with van der Waals surface area (Å²) in [5, 5.41) is 11.9. The fourth-order valence-electron chi connectivity index (χ4n) is 3.38. The molecule has 2 N–H and O–H groups in total. The van der Waals surface area contributed by atoms with Gasteiger partial charge in [0, 0.05) is 25.0 Å². The van der Waals surface area contributed by atoms with Gasteiger partial charge in [-0.05, 0) is 49.1 Å². The molecular formula is C22H27N3O3. The summed E-state index contributed by atoms with van der Waals surface area (Å²) in [5.41, 5.74) is 2.12. The van der Waals surface area contributed by atoms with Crippen molar-refractivity contribution in [1.29, 1.82) is 0 Å². The summed E-state index contributed by atoms with van der Waals surface area (Å²) in [5.74, 6) is -0.528. The number of nitrogens with zero attached hydrogens (tertiary/aromatic N) is 2. The van der Waals surface area contributed by atoms with Gasteiger partial charge in [0.05, 0.1) is 11.5 Å². The quantitative estimate of drug-likeness (QED) is 0.791. The standard InChI is InChI=1S/C22H27N3O3/c1-16(22(27)28)14-17-6-9-19(10-7-17)24-21(26)18-8-11-20(23-15-18)25-12-4-2-3-5-13-25/h6-11,15-16H,2-5,12-14H2,1H3,(H,24,26)(H,27,28). The summed E-state index contributed by atoms with van der Waals surface area (Å²) in [6.45, 7) is 3.72. The van der Waals surface area contributed by atoms with E-state index >= 15 is 0 Å². The molecule has 1 saturated heterocycles. The first-order valence-electron chi connectivity index (χ1n) is 9.87. The molecule has 1 unspecified atom stereocenters. The van der Waals surface area contributed by atoms with Crippen LogP contribution in [-0.4, -0.2) is 35.1 Å². The van der Waals surface area contributed by atoms with Crippen LogP contribution < -0.4 is 10.2 Å². The van der Waals surface area contributed by atoms with Crippen molar-refractivity contribution in [2.75, 3.05) is 23.3 Å². The van der Waals surface area contributed by atoms with Crippen LogP contribution in [0.1, 0.15) is 48.5 Å². The fraction of sp³-hybridized carbons (Fsp3) is 0.409. The maximum absolute atomic E-state index is 12.5. The van der Waals surface area contributed by atoms with Gasteiger partial charge in [0.15, 0.2) is 0 Å². The van der Waals surface area contributed by atoms with E-state index in [0.29, 0.717) is 17.7 Å². The largest absolute Gasteiger partial charge is 0.481 e. The van der Waals surface area contributed by atoms with Crippen LogP contribution in [0, 0.1) is 5.92 Å². The van der Waals surface area contributed by atoms with E-state index in [-0.39, 0.29) is 5.91 Å². The van der Waals surface area contributed by atoms with E-state index in [9.17, 15) is 9.59 Å². The van der Waals surface area contributed by atoms with Crippen LogP contribution in [0.4, 0.5) is 11.5 Å². The summed E-state index contributed by atoms with van der Waals surface area (Å²) in [4.78, 5) is 30.2. The zero-order valence-corrected chi connectivity index (χ0v) is 16.2. The van der Waals surface area contributed by atoms with E-state index in [2.05, 4.69) is 15.2 Å². The van der Waals surface area contributed by atoms with Crippen molar-refractivity contribution in [3.8, 4) is 0 Å². The number of aliphatic carboxylic acids is 1. The second-order valence-electron chi connectivity index (χ2n) is 7.40. The Bertz CT molecular complexity index is 795. The number of hydrogen-bond donors (Lipinski definition) is 2. The molecule has 148 valence electrons. The zero-order valence-electron chi connectivity index (χ0n) is 16.2. The van der Waals surface area contributed by atoms with Crippen molar-refractivity contribution in [2.24, 2.45) is 5.92 Å². The van der Waals surface area contributed by atoms with Crippen molar-refractivity contribution < 1.29 is 14.7 Å². The SMILES string of the molecule is CC(Cc1ccc(NC(=O)c2ccc(N3CCCCCC3)nc2)cc1)C(=O)O. The molecule has 1 atom stereocenters. The van der Waals surface area contributed by atoms with Crippen LogP contribution in [-0.2, 0) is 11.2 Å². The molecule has 1 amide bonds. The number of carbonyl (C=O) groups is 2. The highest BCUT2D eigenvalue weighted by Crippen LogP contribution is 2.18. The number of hydrogen-bond acceptors (Lipinski definition) is 4. The van der Waals surface area contributed by atoms with Gasteiger partial charge in [0.2, 0.25) is 0 Å². The minimum atomic E-state index is -0.812. The zero-order chi connectivity index (χ0) is 19.9. The molecule has 28 heavy (non-hydrogen) atoms. The Morgan fingerprint density at radius 3 is 2.32 bits per heavy atom. The van der Waals surface area contributed by atoms with Crippen molar-refractivity contribution >= 4 is 23.4 Å². The Labute approximate surface area is 165 Å². The smallest absolute Gasteiger partial charge is 0.306 e. The van der Waals surface area contributed by atoms with Gasteiger partial charge >= 0.3 is 5.97 Å². The number of amides is 1. The molecule has 0 spiro atoms. The molecule has 0 aliphatic carbocycles. The molecule has 2 heterocycles. The van der Waals surface area contributed by atoms with Crippen molar-refractivity contribution in [3.05, 3.63) is 53.7 Å². The fourth-order valence-corrected chi connectivity index (χ4v) is 3.38. The van der Waals surface area contributed by atoms with Gasteiger partial charge in [-0.1, -0.05) is 31.9 Å². The van der Waals surface area contributed by atoms with E-state index in [1.54, 1.807) is 25.3 Å². The molecule has 2 aromatic rings. The summed E-state index contributed by atoms with van der Waals surface area (Å²) in [7, 11) is 0. The Kier molecular flexibility index (Phi) is 6.63. The van der Waals surface area contributed by atoms with Crippen LogP contribution in [0.3, 0.4) is 0 Å². The molecule has 1 aromatic heterocycles. The number of pyridine rings is 1. The van der Waals surface area contributed by atoms with Gasteiger partial charge < -0.3 is 15.3 Å². The predicted molar refractivity (Wildman–Crippen MR) is 110 cm³/mol. The third-order valence-electron chi connectivity index (χ3n) is 5.12. The molecular weight excluding hydrogens is 354 g/mol. The normalized spacial score (nSPS) is 15.5. The van der Waals surface area contributed by atoms with Gasteiger partial charge in [-0.25, -0.2) is 4.98 Å². The number of carboxylic acids is 1. The van der Waals surface area contributed by atoms with Crippen LogP contribution in [0.25, 0.3) is 0 Å². The number of anilines is 2. The molecule has 0 saturated carbocycles. The second-order valence-corrected chi connectivity index (χ2v) is 7.40. The van der Waals surface area contributed by atoms with Crippen LogP contribution >= 0.6 is 0 Å². The minimum Gasteiger partial charge on any atom is -0.481 e. The Morgan fingerprint density at radius 1 is 1.07 bits per heavy atom. The molecule has 6 nitrogen and oxygen atoms in total. The number of carbonyl (C=O) groups excluding carboxylic acids is 1. The number of rotatable bonds is 6. The lowest BCUT2D eigenvalue weighted by Gasteiger charge is -2.21. The van der Waals surface area contributed by atoms with Gasteiger partial charge in [0.25, 0.3) is 5.91 Å². The van der Waals surface area contributed by atoms with Gasteiger partial charge in [0.1, 0.15) is 5.82 Å². The molecule has 1 aliphatic heterocycles. The van der Waals surface area contributed by atoms with Crippen LogP contribution in [0.2, 0.25) is 0 Å². The number of nitrogens with one attached hydrogen (secondary N) is 1. The third kappa shape index (κ3) is 5.31. The highest BCUT2D eigenvalue weighted by molar-refractivity contribution is 6.04. The summed E-state index contributed by atoms with van der Waals surface area (Å²) in [6, 6.07) is 11.0. The molecule has 6 heteroatoms. The molecule has 0 radical (unpaired) electrons. The maximum atomic E-state index is 12.5. The Hall–Kier alpha value is -2.89. The van der Waals surface area contributed by atoms with Crippen molar-refractivity contribution in [2.45, 2.75) is 39.0 Å². The van der Waals surface area contributed by atoms with Gasteiger partial charge in [-0.3, -0.25) is 9.59 Å². The Balaban J connectivity index is 1.59. The van der Waals surface area contributed by atoms with Crippen LogP contribution in [0.15, 0.2) is 42.6 Å². The first kappa shape index (κ1) is 19.9. The lowest BCUT2D eigenvalue weighted by Crippen LogP contribution is -2.25. The molecule has 0 bridgehead atoms. The summed E-state index contributed by atoms with van der Waals surface area (Å²) < 4.78 is 0. The maximum Gasteiger partial charge on any atom is 0.306 e. The molecule has 1 aromatic carbocycles. The third-order valence-corrected chi connectivity index (χ3v) is 5.12. The topological polar surface area (TPSA) is 82.5 Å². The lowest BCUT2D eigenvalue weighted by molar-refractivity contribution is -0.141. The monoisotopic (exact) mass is 381 g/mol. The number of carboxylic acid groups (broad SMARTS) is 1. The highest BCUT2D eigenvalue weighted by atomic mass is 16.4. The lowest BCUT2D eigenvalue weighted by atomic mass is 10.0. The minimum absolute atomic E-state index is 0.207. The Morgan fingerprint density at radius 2 is 1.75 bits per heavy atom. The number of benzene rings is 1. The average Bonchev–Trinajstić information content (AvgIpc) is 2.99. The first-order valence-corrected chi connectivity index (χ1v) is 9.87. The van der Waals surface area contributed by atoms with E-state index in [1.807, 2.05) is 24.3 Å². The van der Waals surface area contributed by atoms with Crippen LogP contribution in [0.5, 0.6) is 0 Å². The van der Waals surface area contributed by atoms with Gasteiger partial charge in [-0.2, -0.15) is 0 Å². The highest BCUT2D eigenvalue weighted by Gasteiger charge is 2.14. The molecule has 1 aliphatic rings. The van der Waals surface area contributed by atoms with Crippen molar-refractivity contribution in [3.63, 3.8) is 0 Å². The first-order chi connectivity index (χ1) is 13.5. The van der Waals surface area contributed by atoms with Crippen molar-refractivity contribution in [1.82, 2.24) is 4.98 Å². The van der Waals surface area contributed by atoms with E-state index in [1.165, 1.54) is 25.7 Å². The van der Waals surface area contributed by atoms with E-state index in [4.69, 9.17) is 5.11 Å². The van der Waals surface area contributed by atoms with E-state index < -0.39 is 11.9 Å². The summed E-state index contributed by atoms with van der Waals surface area (Å²) >= 11 is 0. The second kappa shape index (κ2) is 9.35.